The van der Waals surface area contributed by atoms with Crippen LogP contribution in [0.2, 0.25) is 0 Å². The fraction of sp³-hybridized carbons (Fsp3) is 0.353. The van der Waals surface area contributed by atoms with E-state index in [4.69, 9.17) is 4.42 Å². The zero-order valence-electron chi connectivity index (χ0n) is 12.8. The van der Waals surface area contributed by atoms with Crippen molar-refractivity contribution in [1.29, 1.82) is 0 Å². The van der Waals surface area contributed by atoms with Gasteiger partial charge < -0.3 is 14.6 Å². The monoisotopic (exact) mass is 286 g/mol. The van der Waals surface area contributed by atoms with Crippen LogP contribution in [0.3, 0.4) is 0 Å². The molecule has 0 aliphatic rings. The summed E-state index contributed by atoms with van der Waals surface area (Å²) in [5.41, 5.74) is 1.58. The molecule has 0 spiro atoms. The number of benzene rings is 1. The number of carbonyl (C=O) groups excluding carboxylic acids is 1. The lowest BCUT2D eigenvalue weighted by Gasteiger charge is -2.19. The van der Waals surface area contributed by atoms with Gasteiger partial charge in [0.1, 0.15) is 5.76 Å². The number of carbonyl (C=O) groups is 1. The van der Waals surface area contributed by atoms with E-state index in [2.05, 4.69) is 12.2 Å². The number of hydrogen-bond acceptors (Lipinski definition) is 3. The highest BCUT2D eigenvalue weighted by molar-refractivity contribution is 5.99. The molecule has 0 bridgehead atoms. The van der Waals surface area contributed by atoms with Crippen molar-refractivity contribution in [2.45, 2.75) is 25.8 Å². The van der Waals surface area contributed by atoms with Crippen LogP contribution in [0.4, 0.5) is 5.69 Å². The Morgan fingerprint density at radius 2 is 2.00 bits per heavy atom. The summed E-state index contributed by atoms with van der Waals surface area (Å²) < 4.78 is 5.34. The van der Waals surface area contributed by atoms with Crippen molar-refractivity contribution < 1.29 is 9.21 Å². The maximum absolute atomic E-state index is 12.2. The van der Waals surface area contributed by atoms with Crippen molar-refractivity contribution in [2.24, 2.45) is 0 Å². The summed E-state index contributed by atoms with van der Waals surface area (Å²) in [5.74, 6) is 0.998. The fourth-order valence-electron chi connectivity index (χ4n) is 2.19. The average Bonchev–Trinajstić information content (AvgIpc) is 2.98. The Kier molecular flexibility index (Phi) is 5.04. The first-order valence-electron chi connectivity index (χ1n) is 7.17. The summed E-state index contributed by atoms with van der Waals surface area (Å²) in [7, 11) is 3.53. The van der Waals surface area contributed by atoms with Gasteiger partial charge in [-0.3, -0.25) is 4.79 Å². The molecule has 21 heavy (non-hydrogen) atoms. The first kappa shape index (κ1) is 15.2. The lowest BCUT2D eigenvalue weighted by atomic mass is 10.1. The van der Waals surface area contributed by atoms with Gasteiger partial charge in [-0.05, 0) is 37.6 Å². The highest BCUT2D eigenvalue weighted by Gasteiger charge is 2.14. The molecular weight excluding hydrogens is 264 g/mol. The summed E-state index contributed by atoms with van der Waals surface area (Å²) in [6.45, 7) is 2.11. The second kappa shape index (κ2) is 6.97. The van der Waals surface area contributed by atoms with Gasteiger partial charge in [-0.25, -0.2) is 0 Å². The molecule has 1 amide bonds. The van der Waals surface area contributed by atoms with Crippen molar-refractivity contribution in [3.05, 3.63) is 54.0 Å². The number of nitrogens with one attached hydrogen (secondary N) is 1. The molecule has 0 aliphatic heterocycles. The van der Waals surface area contributed by atoms with Crippen LogP contribution in [-0.2, 0) is 6.42 Å². The summed E-state index contributed by atoms with van der Waals surface area (Å²) in [4.78, 5) is 13.8. The number of amides is 1. The van der Waals surface area contributed by atoms with E-state index in [1.807, 2.05) is 36.4 Å². The van der Waals surface area contributed by atoms with Gasteiger partial charge in [0, 0.05) is 32.2 Å². The van der Waals surface area contributed by atoms with Crippen molar-refractivity contribution in [1.82, 2.24) is 4.90 Å². The van der Waals surface area contributed by atoms with Crippen LogP contribution in [-0.4, -0.2) is 30.9 Å². The van der Waals surface area contributed by atoms with Crippen LogP contribution in [0, 0.1) is 0 Å². The van der Waals surface area contributed by atoms with E-state index in [1.54, 1.807) is 25.3 Å². The maximum atomic E-state index is 12.2. The minimum atomic E-state index is 0.0105. The van der Waals surface area contributed by atoms with Crippen molar-refractivity contribution in [2.75, 3.05) is 19.4 Å². The molecule has 2 aromatic rings. The minimum Gasteiger partial charge on any atom is -0.469 e. The molecule has 1 unspecified atom stereocenters. The van der Waals surface area contributed by atoms with Gasteiger partial charge in [0.2, 0.25) is 0 Å². The second-order valence-corrected chi connectivity index (χ2v) is 5.41. The lowest BCUT2D eigenvalue weighted by molar-refractivity contribution is 0.0828. The molecule has 0 saturated carbocycles. The van der Waals surface area contributed by atoms with Crippen LogP contribution in [0.5, 0.6) is 0 Å². The van der Waals surface area contributed by atoms with Crippen molar-refractivity contribution in [3.63, 3.8) is 0 Å². The number of para-hydroxylation sites is 1. The van der Waals surface area contributed by atoms with E-state index < -0.39 is 0 Å². The van der Waals surface area contributed by atoms with E-state index in [-0.39, 0.29) is 11.9 Å². The fourth-order valence-corrected chi connectivity index (χ4v) is 2.19. The highest BCUT2D eigenvalue weighted by Crippen LogP contribution is 2.19. The summed E-state index contributed by atoms with van der Waals surface area (Å²) in [6, 6.07) is 11.8. The SMILES string of the molecule is CC(CCc1ccco1)Nc1ccccc1C(=O)N(C)C. The molecule has 1 N–H and O–H groups in total. The molecule has 0 saturated heterocycles. The summed E-state index contributed by atoms with van der Waals surface area (Å²) >= 11 is 0. The average molecular weight is 286 g/mol. The molecule has 0 radical (unpaired) electrons. The Hall–Kier alpha value is -2.23. The normalized spacial score (nSPS) is 12.0. The smallest absolute Gasteiger partial charge is 0.255 e. The third-order valence-electron chi connectivity index (χ3n) is 3.37. The molecule has 4 nitrogen and oxygen atoms in total. The van der Waals surface area contributed by atoms with Crippen LogP contribution in [0.1, 0.15) is 29.5 Å². The number of hydrogen-bond donors (Lipinski definition) is 1. The summed E-state index contributed by atoms with van der Waals surface area (Å²) in [5, 5.41) is 3.42. The van der Waals surface area contributed by atoms with Crippen LogP contribution >= 0.6 is 0 Å². The van der Waals surface area contributed by atoms with Crippen molar-refractivity contribution >= 4 is 11.6 Å². The molecule has 1 heterocycles. The van der Waals surface area contributed by atoms with E-state index in [1.165, 1.54) is 0 Å². The van der Waals surface area contributed by atoms with Gasteiger partial charge in [0.25, 0.3) is 5.91 Å². The zero-order valence-corrected chi connectivity index (χ0v) is 12.8. The molecule has 1 aromatic heterocycles. The largest absolute Gasteiger partial charge is 0.469 e. The molecule has 1 aromatic carbocycles. The Morgan fingerprint density at radius 1 is 1.24 bits per heavy atom. The Bertz CT molecular complexity index is 576. The van der Waals surface area contributed by atoms with Gasteiger partial charge in [-0.15, -0.1) is 0 Å². The first-order chi connectivity index (χ1) is 10.1. The van der Waals surface area contributed by atoms with Gasteiger partial charge in [0.15, 0.2) is 0 Å². The van der Waals surface area contributed by atoms with Gasteiger partial charge >= 0.3 is 0 Å². The third kappa shape index (κ3) is 4.12. The molecule has 112 valence electrons. The molecule has 2 rings (SSSR count). The Morgan fingerprint density at radius 3 is 2.67 bits per heavy atom. The van der Waals surface area contributed by atoms with E-state index in [0.717, 1.165) is 24.3 Å². The van der Waals surface area contributed by atoms with E-state index in [9.17, 15) is 4.79 Å². The number of aryl methyl sites for hydroxylation is 1. The molecule has 1 atom stereocenters. The van der Waals surface area contributed by atoms with Crippen LogP contribution in [0.15, 0.2) is 47.1 Å². The highest BCUT2D eigenvalue weighted by atomic mass is 16.3. The van der Waals surface area contributed by atoms with Crippen LogP contribution in [0.25, 0.3) is 0 Å². The van der Waals surface area contributed by atoms with Gasteiger partial charge in [-0.1, -0.05) is 12.1 Å². The third-order valence-corrected chi connectivity index (χ3v) is 3.37. The number of nitrogens with zero attached hydrogens (tertiary/aromatic N) is 1. The number of anilines is 1. The van der Waals surface area contributed by atoms with Gasteiger partial charge in [0.05, 0.1) is 11.8 Å². The molecule has 4 heteroatoms. The first-order valence-corrected chi connectivity index (χ1v) is 7.17. The number of rotatable bonds is 6. The Labute approximate surface area is 125 Å². The van der Waals surface area contributed by atoms with E-state index in [0.29, 0.717) is 5.56 Å². The minimum absolute atomic E-state index is 0.0105. The molecule has 0 aliphatic carbocycles. The molecular formula is C17H22N2O2. The maximum Gasteiger partial charge on any atom is 0.255 e. The lowest BCUT2D eigenvalue weighted by Crippen LogP contribution is -2.24. The molecule has 0 fully saturated rings. The quantitative estimate of drug-likeness (QED) is 0.885. The van der Waals surface area contributed by atoms with Gasteiger partial charge in [-0.2, -0.15) is 0 Å². The predicted molar refractivity (Wildman–Crippen MR) is 84.6 cm³/mol. The van der Waals surface area contributed by atoms with Crippen molar-refractivity contribution in [3.8, 4) is 0 Å². The topological polar surface area (TPSA) is 45.5 Å². The standard InChI is InChI=1S/C17H22N2O2/c1-13(10-11-14-7-6-12-21-14)18-16-9-5-4-8-15(16)17(20)19(2)3/h4-9,12-13,18H,10-11H2,1-3H3. The second-order valence-electron chi connectivity index (χ2n) is 5.41. The van der Waals surface area contributed by atoms with E-state index >= 15 is 0 Å². The van der Waals surface area contributed by atoms with Crippen LogP contribution < -0.4 is 5.32 Å². The zero-order chi connectivity index (χ0) is 15.2. The Balaban J connectivity index is 2.00. The number of furan rings is 1. The predicted octanol–water partition coefficient (Wildman–Crippen LogP) is 3.41. The summed E-state index contributed by atoms with van der Waals surface area (Å²) in [6.07, 6.45) is 3.52.